The van der Waals surface area contributed by atoms with E-state index in [9.17, 15) is 18.0 Å². The van der Waals surface area contributed by atoms with Crippen LogP contribution in [0.1, 0.15) is 45.9 Å². The van der Waals surface area contributed by atoms with Gasteiger partial charge in [-0.3, -0.25) is 4.79 Å². The van der Waals surface area contributed by atoms with Gasteiger partial charge in [0, 0.05) is 23.6 Å². The van der Waals surface area contributed by atoms with Crippen LogP contribution in [0.2, 0.25) is 5.02 Å². The van der Waals surface area contributed by atoms with Gasteiger partial charge in [0.2, 0.25) is 0 Å². The van der Waals surface area contributed by atoms with Gasteiger partial charge in [-0.15, -0.1) is 0 Å². The van der Waals surface area contributed by atoms with Crippen molar-refractivity contribution in [2.45, 2.75) is 45.6 Å². The molecule has 7 heteroatoms. The second-order valence-corrected chi connectivity index (χ2v) is 8.20. The smallest absolute Gasteiger partial charge is 0.416 e. The number of alkyl halides is 3. The highest BCUT2D eigenvalue weighted by Gasteiger charge is 2.35. The largest absolute Gasteiger partial charge is 0.489 e. The van der Waals surface area contributed by atoms with Gasteiger partial charge in [0.15, 0.2) is 0 Å². The van der Waals surface area contributed by atoms with Gasteiger partial charge in [-0.25, -0.2) is 0 Å². The Kier molecular flexibility index (Phi) is 6.82. The third-order valence-corrected chi connectivity index (χ3v) is 6.28. The first-order valence-electron chi connectivity index (χ1n) is 9.86. The molecule has 1 aliphatic carbocycles. The molecular formula is C24H24ClF3O3. The highest BCUT2D eigenvalue weighted by Crippen LogP contribution is 2.45. The Labute approximate surface area is 184 Å². The van der Waals surface area contributed by atoms with Crippen LogP contribution in [0.15, 0.2) is 36.4 Å². The fourth-order valence-electron chi connectivity index (χ4n) is 4.25. The van der Waals surface area contributed by atoms with E-state index in [-0.39, 0.29) is 29.2 Å². The number of fused-ring (bicyclic) bond motifs is 1. The maximum Gasteiger partial charge on any atom is 0.416 e. The molecule has 31 heavy (non-hydrogen) atoms. The standard InChI is InChI=1S/C24H24ClF3O3/c1-13-9-21(31-12-16-10-17(24(26,27)28)5-8-20(16)25)15(3)22-18(13)6-7-19(14(2)11-29)23(22)30-4/h5,8-11,19,23H,2,6-7,12H2,1,3-4H3/t19-,23+/m0/s1. The van der Waals surface area contributed by atoms with Crippen molar-refractivity contribution in [3.63, 3.8) is 0 Å². The van der Waals surface area contributed by atoms with Crippen molar-refractivity contribution < 1.29 is 27.4 Å². The summed E-state index contributed by atoms with van der Waals surface area (Å²) in [6, 6.07) is 5.07. The van der Waals surface area contributed by atoms with Gasteiger partial charge >= 0.3 is 6.18 Å². The van der Waals surface area contributed by atoms with E-state index in [1.54, 1.807) is 7.11 Å². The first kappa shape index (κ1) is 23.4. The number of carbonyl (C=O) groups excluding carboxylic acids is 1. The molecule has 0 fully saturated rings. The molecule has 0 spiro atoms. The summed E-state index contributed by atoms with van der Waals surface area (Å²) in [5.74, 6) is 0.408. The second-order valence-electron chi connectivity index (χ2n) is 7.80. The van der Waals surface area contributed by atoms with Crippen molar-refractivity contribution in [2.75, 3.05) is 7.11 Å². The van der Waals surface area contributed by atoms with E-state index in [1.165, 1.54) is 6.07 Å². The van der Waals surface area contributed by atoms with Gasteiger partial charge in [-0.2, -0.15) is 13.2 Å². The van der Waals surface area contributed by atoms with Crippen LogP contribution in [0.5, 0.6) is 5.75 Å². The Balaban J connectivity index is 1.96. The predicted molar refractivity (Wildman–Crippen MR) is 113 cm³/mol. The highest BCUT2D eigenvalue weighted by molar-refractivity contribution is 6.31. The molecule has 0 saturated heterocycles. The average molecular weight is 453 g/mol. The van der Waals surface area contributed by atoms with Crippen molar-refractivity contribution in [2.24, 2.45) is 5.92 Å². The van der Waals surface area contributed by atoms with Crippen LogP contribution in [0.4, 0.5) is 13.2 Å². The molecule has 2 atom stereocenters. The lowest BCUT2D eigenvalue weighted by atomic mass is 9.75. The number of halogens is 4. The molecule has 0 radical (unpaired) electrons. The molecule has 0 amide bonds. The molecule has 166 valence electrons. The van der Waals surface area contributed by atoms with E-state index in [0.29, 0.717) is 11.3 Å². The number of aldehydes is 1. The summed E-state index contributed by atoms with van der Waals surface area (Å²) in [6.45, 7) is 7.61. The topological polar surface area (TPSA) is 35.5 Å². The molecular weight excluding hydrogens is 429 g/mol. The van der Waals surface area contributed by atoms with Gasteiger partial charge in [0.1, 0.15) is 18.6 Å². The van der Waals surface area contributed by atoms with Crippen LogP contribution in [0.3, 0.4) is 0 Å². The molecule has 3 rings (SSSR count). The van der Waals surface area contributed by atoms with E-state index in [0.717, 1.165) is 53.5 Å². The number of hydrogen-bond acceptors (Lipinski definition) is 3. The van der Waals surface area contributed by atoms with Crippen molar-refractivity contribution in [3.05, 3.63) is 74.8 Å². The number of hydrogen-bond donors (Lipinski definition) is 0. The zero-order chi connectivity index (χ0) is 22.9. The molecule has 2 aromatic rings. The summed E-state index contributed by atoms with van der Waals surface area (Å²) in [5, 5.41) is 0.206. The van der Waals surface area contributed by atoms with E-state index in [4.69, 9.17) is 21.1 Å². The third kappa shape index (κ3) is 4.65. The first-order chi connectivity index (χ1) is 14.6. The van der Waals surface area contributed by atoms with Crippen LogP contribution in [0.25, 0.3) is 0 Å². The minimum atomic E-state index is -4.46. The zero-order valence-electron chi connectivity index (χ0n) is 17.6. The molecule has 0 N–H and O–H groups in total. The molecule has 0 saturated carbocycles. The normalized spacial score (nSPS) is 18.4. The summed E-state index contributed by atoms with van der Waals surface area (Å²) in [4.78, 5) is 11.3. The summed E-state index contributed by atoms with van der Waals surface area (Å²) in [6.07, 6.45) is -2.51. The number of ether oxygens (including phenoxy) is 2. The van der Waals surface area contributed by atoms with Gasteiger partial charge in [0.25, 0.3) is 0 Å². The van der Waals surface area contributed by atoms with E-state index < -0.39 is 11.7 Å². The van der Waals surface area contributed by atoms with Crippen LogP contribution < -0.4 is 4.74 Å². The lowest BCUT2D eigenvalue weighted by molar-refractivity contribution is -0.137. The number of benzene rings is 2. The van der Waals surface area contributed by atoms with Crippen LogP contribution in [0, 0.1) is 19.8 Å². The quantitative estimate of drug-likeness (QED) is 0.368. The average Bonchev–Trinajstić information content (AvgIpc) is 2.73. The maximum absolute atomic E-state index is 13.1. The van der Waals surface area contributed by atoms with Crippen molar-refractivity contribution in [3.8, 4) is 5.75 Å². The molecule has 3 nitrogen and oxygen atoms in total. The summed E-state index contributed by atoms with van der Waals surface area (Å²) in [7, 11) is 1.59. The summed E-state index contributed by atoms with van der Waals surface area (Å²) < 4.78 is 50.8. The molecule has 2 aromatic carbocycles. The van der Waals surface area contributed by atoms with Crippen LogP contribution in [-0.4, -0.2) is 13.4 Å². The predicted octanol–water partition coefficient (Wildman–Crippen LogP) is 6.56. The Morgan fingerprint density at radius 1 is 1.29 bits per heavy atom. The summed E-state index contributed by atoms with van der Waals surface area (Å²) >= 11 is 6.10. The Hall–Kier alpha value is -2.31. The van der Waals surface area contributed by atoms with Gasteiger partial charge < -0.3 is 9.47 Å². The molecule has 0 bridgehead atoms. The minimum Gasteiger partial charge on any atom is -0.489 e. The Morgan fingerprint density at radius 2 is 2.00 bits per heavy atom. The molecule has 1 aliphatic rings. The van der Waals surface area contributed by atoms with Crippen molar-refractivity contribution in [1.82, 2.24) is 0 Å². The van der Waals surface area contributed by atoms with E-state index in [1.807, 2.05) is 19.9 Å². The molecule has 0 aromatic heterocycles. The number of aryl methyl sites for hydroxylation is 1. The van der Waals surface area contributed by atoms with Gasteiger partial charge in [-0.05, 0) is 78.8 Å². The SMILES string of the molecule is C=C(C=O)[C@@H]1CCc2c(C)cc(OCc3cc(C(F)(F)F)ccc3Cl)c(C)c2[C@@H]1OC. The third-order valence-electron chi connectivity index (χ3n) is 5.92. The highest BCUT2D eigenvalue weighted by atomic mass is 35.5. The van der Waals surface area contributed by atoms with Crippen LogP contribution >= 0.6 is 11.6 Å². The van der Waals surface area contributed by atoms with Gasteiger partial charge in [-0.1, -0.05) is 18.2 Å². The van der Waals surface area contributed by atoms with Crippen LogP contribution in [-0.2, 0) is 28.7 Å². The fourth-order valence-corrected chi connectivity index (χ4v) is 4.42. The molecule has 0 aliphatic heterocycles. The Bertz CT molecular complexity index is 1010. The Morgan fingerprint density at radius 3 is 2.61 bits per heavy atom. The first-order valence-corrected chi connectivity index (χ1v) is 10.2. The maximum atomic E-state index is 13.1. The van der Waals surface area contributed by atoms with Crippen molar-refractivity contribution in [1.29, 1.82) is 0 Å². The van der Waals surface area contributed by atoms with E-state index >= 15 is 0 Å². The summed E-state index contributed by atoms with van der Waals surface area (Å²) in [5.41, 5.74) is 3.89. The van der Waals surface area contributed by atoms with Crippen molar-refractivity contribution >= 4 is 17.9 Å². The molecule has 0 unspecified atom stereocenters. The van der Waals surface area contributed by atoms with E-state index in [2.05, 4.69) is 6.58 Å². The fraction of sp³-hybridized carbons (Fsp3) is 0.375. The lowest BCUT2D eigenvalue weighted by Gasteiger charge is -2.35. The lowest BCUT2D eigenvalue weighted by Crippen LogP contribution is -2.26. The zero-order valence-corrected chi connectivity index (χ0v) is 18.4. The molecule has 0 heterocycles. The number of rotatable bonds is 6. The number of methoxy groups -OCH3 is 1. The van der Waals surface area contributed by atoms with Gasteiger partial charge in [0.05, 0.1) is 11.7 Å². The number of carbonyl (C=O) groups is 1. The monoisotopic (exact) mass is 452 g/mol. The minimum absolute atomic E-state index is 0.107. The second kappa shape index (κ2) is 9.05.